The minimum atomic E-state index is -0.541. The molecule has 61 heavy (non-hydrogen) atoms. The summed E-state index contributed by atoms with van der Waals surface area (Å²) in [5.41, 5.74) is 0.736. The van der Waals surface area contributed by atoms with E-state index in [1.165, 1.54) is 12.4 Å². The monoisotopic (exact) mass is 842 g/mol. The maximum absolute atomic E-state index is 13.1. The number of fused-ring (bicyclic) bond motifs is 2. The number of nitrogens with one attached hydrogen (secondary N) is 3. The molecule has 10 rings (SSSR count). The third kappa shape index (κ3) is 9.59. The van der Waals surface area contributed by atoms with E-state index in [1.54, 1.807) is 21.4 Å². The molecule has 0 bridgehead atoms. The molecule has 4 aliphatic heterocycles. The molecule has 0 radical (unpaired) electrons. The van der Waals surface area contributed by atoms with Crippen LogP contribution in [0.5, 0.6) is 0 Å². The molecule has 10 heterocycles. The summed E-state index contributed by atoms with van der Waals surface area (Å²) in [5.74, 6) is 4.42. The van der Waals surface area contributed by atoms with Gasteiger partial charge in [0.25, 0.3) is 11.1 Å². The summed E-state index contributed by atoms with van der Waals surface area (Å²) >= 11 is 0. The van der Waals surface area contributed by atoms with Crippen LogP contribution in [0.2, 0.25) is 0 Å². The van der Waals surface area contributed by atoms with Gasteiger partial charge in [0.2, 0.25) is 0 Å². The second kappa shape index (κ2) is 18.9. The Kier molecular flexibility index (Phi) is 13.0. The third-order valence-corrected chi connectivity index (χ3v) is 11.8. The molecular formula is C40H48F2N14O5. The number of hydrogen-bond donors (Lipinski definition) is 3. The lowest BCUT2D eigenvalue weighted by molar-refractivity contribution is 0.0831. The number of carbonyl (C=O) groups excluding carboxylic acids is 1. The van der Waals surface area contributed by atoms with Gasteiger partial charge in [0.1, 0.15) is 29.1 Å². The van der Waals surface area contributed by atoms with Crippen LogP contribution < -0.4 is 16.4 Å². The molecule has 19 nitrogen and oxygen atoms in total. The van der Waals surface area contributed by atoms with Gasteiger partial charge in [-0.3, -0.25) is 19.3 Å². The highest BCUT2D eigenvalue weighted by Crippen LogP contribution is 2.32. The Balaban J connectivity index is 0.000000144. The highest BCUT2D eigenvalue weighted by Gasteiger charge is 2.34. The molecule has 0 aliphatic carbocycles. The molecule has 21 heteroatoms. The molecule has 6 aromatic rings. The number of aromatic nitrogens is 12. The van der Waals surface area contributed by atoms with Crippen molar-refractivity contribution in [1.29, 1.82) is 0 Å². The second-order valence-electron chi connectivity index (χ2n) is 16.0. The topological polar surface area (TPSA) is 228 Å². The van der Waals surface area contributed by atoms with Crippen molar-refractivity contribution in [2.24, 2.45) is 11.8 Å². The highest BCUT2D eigenvalue weighted by molar-refractivity contribution is 5.68. The number of rotatable bonds is 7. The lowest BCUT2D eigenvalue weighted by atomic mass is 9.97. The first kappa shape index (κ1) is 41.9. The standard InChI is InChI=1S/C20H24FN7O2.C15H21N5O2.C5H3FN2O/c1-12-9-27(11-17-22-6-14(21)7-23-17)10-15(12)18-25-20(29)16-8-24-19(28(16)26-18)13-2-4-30-5-3-13;1-9-6-16-7-11(9)13-18-15(21)12-8-17-14(20(12)19-13)10-2-4-22-5-3-10;6-4-1-7-5(3-9)8-2-4/h6-8,12-13,15H,2-5,9-11H2,1H3,(H,25,26,29);8-11,16H,2-7H2,1H3,(H,18,19,21);1-3H. The average molecular weight is 843 g/mol. The van der Waals surface area contributed by atoms with Crippen LogP contribution in [0.25, 0.3) is 11.0 Å². The Hall–Kier alpha value is -5.77. The van der Waals surface area contributed by atoms with Crippen LogP contribution in [0.1, 0.15) is 103 Å². The fourth-order valence-electron chi connectivity index (χ4n) is 8.40. The molecule has 0 aromatic carbocycles. The SMILES string of the molecule is CC1CN(Cc2ncc(F)cn2)CC1c1nn2c(C3CCOCC3)ncc2c(=O)[nH]1.CC1CNCC1c1nn2c(C3CCOCC3)ncc2c(=O)[nH]1.O=Cc1ncc(F)cn1. The van der Waals surface area contributed by atoms with Crippen molar-refractivity contribution in [3.8, 4) is 0 Å². The minimum absolute atomic E-state index is 0.00333. The lowest BCUT2D eigenvalue weighted by Crippen LogP contribution is -2.24. The normalized spacial score (nSPS) is 22.5. The van der Waals surface area contributed by atoms with Gasteiger partial charge >= 0.3 is 0 Å². The maximum Gasteiger partial charge on any atom is 0.276 e. The van der Waals surface area contributed by atoms with Gasteiger partial charge in [-0.15, -0.1) is 0 Å². The smallest absolute Gasteiger partial charge is 0.276 e. The number of aromatic amines is 2. The minimum Gasteiger partial charge on any atom is -0.381 e. The second-order valence-corrected chi connectivity index (χ2v) is 16.0. The maximum atomic E-state index is 13.1. The van der Waals surface area contributed by atoms with Crippen molar-refractivity contribution >= 4 is 17.3 Å². The van der Waals surface area contributed by atoms with Crippen molar-refractivity contribution in [2.75, 3.05) is 52.6 Å². The molecule has 4 atom stereocenters. The fourth-order valence-corrected chi connectivity index (χ4v) is 8.40. The third-order valence-electron chi connectivity index (χ3n) is 11.8. The summed E-state index contributed by atoms with van der Waals surface area (Å²) in [6.45, 7) is 11.1. The van der Waals surface area contributed by atoms with E-state index in [0.717, 1.165) is 94.9 Å². The average Bonchev–Trinajstić information content (AvgIpc) is 4.09. The molecule has 4 saturated heterocycles. The molecule has 6 aromatic heterocycles. The first-order valence-electron chi connectivity index (χ1n) is 20.6. The van der Waals surface area contributed by atoms with Gasteiger partial charge in [-0.2, -0.15) is 10.2 Å². The summed E-state index contributed by atoms with van der Waals surface area (Å²) in [5, 5.41) is 12.9. The molecule has 0 spiro atoms. The van der Waals surface area contributed by atoms with Crippen LogP contribution in [-0.4, -0.2) is 123 Å². The van der Waals surface area contributed by atoms with Gasteiger partial charge in [-0.1, -0.05) is 13.8 Å². The largest absolute Gasteiger partial charge is 0.381 e. The number of nitrogens with zero attached hydrogens (tertiary/aromatic N) is 11. The highest BCUT2D eigenvalue weighted by atomic mass is 19.1. The number of aldehydes is 1. The molecule has 4 aliphatic rings. The van der Waals surface area contributed by atoms with Crippen molar-refractivity contribution in [3.63, 3.8) is 0 Å². The number of hydrogen-bond acceptors (Lipinski definition) is 15. The van der Waals surface area contributed by atoms with E-state index in [1.807, 2.05) is 0 Å². The zero-order valence-electron chi connectivity index (χ0n) is 33.9. The van der Waals surface area contributed by atoms with Crippen LogP contribution in [0.15, 0.2) is 46.8 Å². The first-order valence-corrected chi connectivity index (χ1v) is 20.6. The van der Waals surface area contributed by atoms with Crippen LogP contribution >= 0.6 is 0 Å². The summed E-state index contributed by atoms with van der Waals surface area (Å²) in [4.78, 5) is 66.8. The lowest BCUT2D eigenvalue weighted by Gasteiger charge is -2.21. The number of likely N-dealkylation sites (tertiary alicyclic amines) is 1. The van der Waals surface area contributed by atoms with Gasteiger partial charge in [-0.25, -0.2) is 47.7 Å². The van der Waals surface area contributed by atoms with Crippen molar-refractivity contribution < 1.29 is 23.0 Å². The molecule has 3 N–H and O–H groups in total. The van der Waals surface area contributed by atoms with Crippen LogP contribution in [0.4, 0.5) is 8.78 Å². The first-order chi connectivity index (χ1) is 29.6. The van der Waals surface area contributed by atoms with Crippen LogP contribution in [0.3, 0.4) is 0 Å². The van der Waals surface area contributed by atoms with Crippen molar-refractivity contribution in [2.45, 2.75) is 69.7 Å². The van der Waals surface area contributed by atoms with Crippen molar-refractivity contribution in [1.82, 2.24) is 69.3 Å². The molecule has 322 valence electrons. The van der Waals surface area contributed by atoms with Gasteiger partial charge in [-0.05, 0) is 44.1 Å². The Morgan fingerprint density at radius 1 is 0.672 bits per heavy atom. The fraction of sp³-hybridized carbons (Fsp3) is 0.525. The Morgan fingerprint density at radius 3 is 1.67 bits per heavy atom. The summed E-state index contributed by atoms with van der Waals surface area (Å²) < 4.78 is 39.4. The van der Waals surface area contributed by atoms with Gasteiger partial charge in [0, 0.05) is 69.7 Å². The number of carbonyl (C=O) groups is 1. The van der Waals surface area contributed by atoms with Gasteiger partial charge in [0.05, 0.1) is 43.7 Å². The molecule has 0 saturated carbocycles. The van der Waals surface area contributed by atoms with Crippen LogP contribution in [0, 0.1) is 23.5 Å². The van der Waals surface area contributed by atoms with E-state index in [2.05, 4.69) is 63.9 Å². The van der Waals surface area contributed by atoms with E-state index >= 15 is 0 Å². The Morgan fingerprint density at radius 2 is 1.18 bits per heavy atom. The molecule has 0 amide bonds. The molecular weight excluding hydrogens is 795 g/mol. The van der Waals surface area contributed by atoms with E-state index < -0.39 is 11.6 Å². The predicted octanol–water partition coefficient (Wildman–Crippen LogP) is 2.54. The number of H-pyrrole nitrogens is 2. The number of ether oxygens (including phenoxy) is 2. The molecule has 4 fully saturated rings. The number of halogens is 2. The zero-order chi connectivity index (χ0) is 42.5. The van der Waals surface area contributed by atoms with E-state index in [-0.39, 0.29) is 34.7 Å². The quantitative estimate of drug-likeness (QED) is 0.196. The van der Waals surface area contributed by atoms with Crippen molar-refractivity contribution in [3.05, 3.63) is 104 Å². The molecule has 4 unspecified atom stereocenters. The number of imidazole rings is 2. The Bertz CT molecular complexity index is 2530. The van der Waals surface area contributed by atoms with E-state index in [0.29, 0.717) is 66.5 Å². The summed E-state index contributed by atoms with van der Waals surface area (Å²) in [6.07, 6.45) is 11.6. The van der Waals surface area contributed by atoms with Gasteiger partial charge in [0.15, 0.2) is 34.8 Å². The van der Waals surface area contributed by atoms with E-state index in [4.69, 9.17) is 19.7 Å². The van der Waals surface area contributed by atoms with E-state index in [9.17, 15) is 23.2 Å². The predicted molar refractivity (Wildman–Crippen MR) is 214 cm³/mol. The van der Waals surface area contributed by atoms with Crippen LogP contribution in [-0.2, 0) is 16.0 Å². The Labute approximate surface area is 347 Å². The van der Waals surface area contributed by atoms with Gasteiger partial charge < -0.3 is 24.8 Å². The summed E-state index contributed by atoms with van der Waals surface area (Å²) in [6, 6.07) is 0. The summed E-state index contributed by atoms with van der Waals surface area (Å²) in [7, 11) is 0. The zero-order valence-corrected chi connectivity index (χ0v) is 33.9.